The van der Waals surface area contributed by atoms with E-state index in [9.17, 15) is 0 Å². The molecule has 0 atom stereocenters. The summed E-state index contributed by atoms with van der Waals surface area (Å²) < 4.78 is 0. The average Bonchev–Trinajstić information content (AvgIpc) is 2.59. The Hall–Kier alpha value is -1.88. The van der Waals surface area contributed by atoms with E-state index in [1.165, 1.54) is 6.42 Å². The zero-order chi connectivity index (χ0) is 11.6. The van der Waals surface area contributed by atoms with Crippen LogP contribution < -0.4 is 10.7 Å². The number of nitrogens with two attached hydrogens (primary N) is 1. The minimum absolute atomic E-state index is 0.330. The van der Waals surface area contributed by atoms with Crippen molar-refractivity contribution in [1.82, 2.24) is 0 Å². The van der Waals surface area contributed by atoms with E-state index in [0.29, 0.717) is 11.5 Å². The molecule has 5 heteroatoms. The molecule has 1 aliphatic heterocycles. The lowest BCUT2D eigenvalue weighted by Gasteiger charge is -2.24. The van der Waals surface area contributed by atoms with Crippen molar-refractivity contribution in [2.45, 2.75) is 37.8 Å². The molecule has 0 bridgehead atoms. The molecule has 82 valence electrons. The predicted octanol–water partition coefficient (Wildman–Crippen LogP) is -0.797. The average molecular weight is 216 g/mol. The second-order valence-electron chi connectivity index (χ2n) is 4.32. The van der Waals surface area contributed by atoms with Gasteiger partial charge in [0.1, 0.15) is 0 Å². The third-order valence-electron chi connectivity index (χ3n) is 3.19. The zero-order valence-electron chi connectivity index (χ0n) is 9.03. The molecule has 5 nitrogen and oxygen atoms in total. The van der Waals surface area contributed by atoms with Crippen LogP contribution in [0, 0.1) is 28.6 Å². The molecule has 1 spiro atoms. The molecule has 0 aromatic carbocycles. The van der Waals surface area contributed by atoms with Crippen molar-refractivity contribution in [2.24, 2.45) is 16.6 Å². The van der Waals surface area contributed by atoms with Gasteiger partial charge in [-0.15, -0.1) is 0 Å². The maximum atomic E-state index is 8.84. The Morgan fingerprint density at radius 3 is 2.44 bits per heavy atom. The summed E-state index contributed by atoms with van der Waals surface area (Å²) in [5.74, 6) is -0.455. The van der Waals surface area contributed by atoms with Crippen LogP contribution in [0.2, 0.25) is 0 Å². The Labute approximate surface area is 94.3 Å². The molecule has 2 aliphatic rings. The van der Waals surface area contributed by atoms with Crippen LogP contribution in [-0.4, -0.2) is 17.2 Å². The first-order valence-electron chi connectivity index (χ1n) is 5.51. The predicted molar refractivity (Wildman–Crippen MR) is 58.1 cm³/mol. The van der Waals surface area contributed by atoms with Gasteiger partial charge < -0.3 is 0 Å². The van der Waals surface area contributed by atoms with Gasteiger partial charge in [-0.2, -0.15) is 10.5 Å². The molecule has 1 fully saturated rings. The molecule has 0 aromatic heterocycles. The van der Waals surface area contributed by atoms with Crippen molar-refractivity contribution in [3.63, 3.8) is 0 Å². The third kappa shape index (κ3) is 1.65. The number of hydrogen-bond acceptors (Lipinski definition) is 4. The van der Waals surface area contributed by atoms with E-state index < -0.39 is 5.92 Å². The van der Waals surface area contributed by atoms with E-state index in [1.807, 2.05) is 12.1 Å². The van der Waals surface area contributed by atoms with Crippen molar-refractivity contribution in [1.29, 1.82) is 10.5 Å². The van der Waals surface area contributed by atoms with Gasteiger partial charge in [-0.1, -0.05) is 6.42 Å². The highest BCUT2D eigenvalue weighted by Crippen LogP contribution is 2.27. The lowest BCUT2D eigenvalue weighted by Crippen LogP contribution is -2.86. The number of nitriles is 2. The maximum Gasteiger partial charge on any atom is 0.291 e. The zero-order valence-corrected chi connectivity index (χ0v) is 9.03. The van der Waals surface area contributed by atoms with E-state index in [-0.39, 0.29) is 5.66 Å². The molecule has 0 saturated heterocycles. The van der Waals surface area contributed by atoms with Crippen molar-refractivity contribution in [3.05, 3.63) is 0 Å². The van der Waals surface area contributed by atoms with Crippen LogP contribution in [0.5, 0.6) is 0 Å². The minimum Gasteiger partial charge on any atom is -0.286 e. The fourth-order valence-electron chi connectivity index (χ4n) is 2.38. The number of nitrogens with zero attached hydrogens (tertiary/aromatic N) is 3. The molecule has 0 amide bonds. The molecule has 16 heavy (non-hydrogen) atoms. The van der Waals surface area contributed by atoms with Crippen LogP contribution in [0.3, 0.4) is 0 Å². The third-order valence-corrected chi connectivity index (χ3v) is 3.19. The smallest absolute Gasteiger partial charge is 0.286 e. The largest absolute Gasteiger partial charge is 0.291 e. The second-order valence-corrected chi connectivity index (χ2v) is 4.32. The van der Waals surface area contributed by atoms with Gasteiger partial charge in [-0.3, -0.25) is 5.73 Å². The molecule has 2 rings (SSSR count). The molecule has 1 saturated carbocycles. The van der Waals surface area contributed by atoms with Crippen LogP contribution in [-0.2, 0) is 0 Å². The number of nitrogens with one attached hydrogen (secondary N) is 1. The number of aliphatic imine (C=N–C) groups is 1. The van der Waals surface area contributed by atoms with E-state index in [2.05, 4.69) is 9.98 Å². The summed E-state index contributed by atoms with van der Waals surface area (Å²) in [4.78, 5) is 7.66. The fourth-order valence-corrected chi connectivity index (χ4v) is 2.38. The molecule has 0 aromatic rings. The van der Waals surface area contributed by atoms with Crippen LogP contribution in [0.4, 0.5) is 0 Å². The molecule has 0 radical (unpaired) electrons. The fraction of sp³-hybridized carbons (Fsp3) is 0.636. The van der Waals surface area contributed by atoms with Gasteiger partial charge in [-0.05, 0) is 12.8 Å². The molecule has 1 aliphatic carbocycles. The summed E-state index contributed by atoms with van der Waals surface area (Å²) >= 11 is 0. The number of amidine groups is 1. The van der Waals surface area contributed by atoms with Gasteiger partial charge >= 0.3 is 0 Å². The highest BCUT2D eigenvalue weighted by molar-refractivity contribution is 6.41. The molecule has 1 heterocycles. The lowest BCUT2D eigenvalue weighted by molar-refractivity contribution is -0.552. The van der Waals surface area contributed by atoms with E-state index in [0.717, 1.165) is 25.7 Å². The van der Waals surface area contributed by atoms with Crippen LogP contribution in [0.15, 0.2) is 4.99 Å². The normalized spacial score (nSPS) is 22.4. The molecule has 3 N–H and O–H groups in total. The summed E-state index contributed by atoms with van der Waals surface area (Å²) in [6, 6.07) is 3.83. The van der Waals surface area contributed by atoms with E-state index in [1.54, 1.807) is 0 Å². The van der Waals surface area contributed by atoms with E-state index in [4.69, 9.17) is 16.3 Å². The van der Waals surface area contributed by atoms with Crippen LogP contribution >= 0.6 is 0 Å². The quantitative estimate of drug-likeness (QED) is 0.600. The first-order valence-corrected chi connectivity index (χ1v) is 5.51. The van der Waals surface area contributed by atoms with Gasteiger partial charge in [0.25, 0.3) is 5.84 Å². The Morgan fingerprint density at radius 1 is 1.25 bits per heavy atom. The van der Waals surface area contributed by atoms with Gasteiger partial charge in [0, 0.05) is 12.8 Å². The Bertz CT molecular complexity index is 414. The van der Waals surface area contributed by atoms with Gasteiger partial charge in [0.2, 0.25) is 0 Å². The summed E-state index contributed by atoms with van der Waals surface area (Å²) in [6.07, 6.45) is 5.30. The molecule has 0 unspecified atom stereocenters. The van der Waals surface area contributed by atoms with Crippen molar-refractivity contribution < 1.29 is 4.99 Å². The highest BCUT2D eigenvalue weighted by atomic mass is 15.2. The van der Waals surface area contributed by atoms with Gasteiger partial charge in [0.05, 0.1) is 12.1 Å². The Balaban J connectivity index is 2.30. The molecular weight excluding hydrogens is 202 g/mol. The van der Waals surface area contributed by atoms with Crippen molar-refractivity contribution >= 4 is 11.5 Å². The maximum absolute atomic E-state index is 8.84. The van der Waals surface area contributed by atoms with Crippen LogP contribution in [0.1, 0.15) is 32.1 Å². The monoisotopic (exact) mass is 216 g/mol. The SMILES string of the molecule is N#CC(C#N)C1=NC2(CCCCC2)[NH+]=C1N. The number of rotatable bonds is 1. The summed E-state index contributed by atoms with van der Waals surface area (Å²) in [6.45, 7) is 0. The standard InChI is InChI=1S/C11H13N5/c12-6-8(7-13)9-10(14)16-11(15-9)4-2-1-3-5-11/h8H,1-5H2,(H2,14,16)/p+1. The lowest BCUT2D eigenvalue weighted by atomic mass is 9.90. The Kier molecular flexibility index (Phi) is 2.62. The summed E-state index contributed by atoms with van der Waals surface area (Å²) in [5.41, 5.74) is 5.90. The summed E-state index contributed by atoms with van der Waals surface area (Å²) in [5, 5.41) is 17.7. The number of hydrogen-bond donors (Lipinski definition) is 2. The highest BCUT2D eigenvalue weighted by Gasteiger charge is 2.42. The van der Waals surface area contributed by atoms with E-state index >= 15 is 0 Å². The topological polar surface area (TPSA) is 99.9 Å². The van der Waals surface area contributed by atoms with Crippen LogP contribution in [0.25, 0.3) is 0 Å². The Morgan fingerprint density at radius 2 is 1.88 bits per heavy atom. The summed E-state index contributed by atoms with van der Waals surface area (Å²) in [7, 11) is 0. The minimum atomic E-state index is -0.853. The first kappa shape index (κ1) is 10.6. The first-order chi connectivity index (χ1) is 7.71. The second kappa shape index (κ2) is 3.94. The van der Waals surface area contributed by atoms with Crippen molar-refractivity contribution in [2.75, 3.05) is 0 Å². The van der Waals surface area contributed by atoms with Gasteiger partial charge in [0.15, 0.2) is 17.3 Å². The van der Waals surface area contributed by atoms with Gasteiger partial charge in [-0.25, -0.2) is 9.98 Å². The van der Waals surface area contributed by atoms with Crippen molar-refractivity contribution in [3.8, 4) is 12.1 Å². The molecular formula is C11H14N5+.